The van der Waals surface area contributed by atoms with Gasteiger partial charge in [-0.25, -0.2) is 4.68 Å². The highest BCUT2D eigenvalue weighted by Gasteiger charge is 2.53. The molecule has 0 bridgehead atoms. The van der Waals surface area contributed by atoms with Gasteiger partial charge in [0.25, 0.3) is 5.69 Å². The maximum absolute atomic E-state index is 11.9. The number of aromatic nitrogens is 2. The fourth-order valence-corrected chi connectivity index (χ4v) is 3.69. The summed E-state index contributed by atoms with van der Waals surface area (Å²) in [5, 5.41) is 15.9. The lowest BCUT2D eigenvalue weighted by Gasteiger charge is -2.44. The van der Waals surface area contributed by atoms with Crippen molar-refractivity contribution in [3.63, 3.8) is 0 Å². The van der Waals surface area contributed by atoms with E-state index in [9.17, 15) is 29.3 Å². The van der Waals surface area contributed by atoms with Crippen molar-refractivity contribution in [1.29, 1.82) is 0 Å². The second-order valence-electron chi connectivity index (χ2n) is 7.70. The molecular formula is C21H23N3O11. The number of esters is 4. The molecule has 2 heterocycles. The fraction of sp³-hybridized carbons (Fsp3) is 0.476. The molecule has 1 aromatic heterocycles. The van der Waals surface area contributed by atoms with Gasteiger partial charge in [0.1, 0.15) is 12.7 Å². The third kappa shape index (κ3) is 6.09. The summed E-state index contributed by atoms with van der Waals surface area (Å²) < 4.78 is 28.4. The van der Waals surface area contributed by atoms with E-state index in [2.05, 4.69) is 5.10 Å². The molecule has 14 heteroatoms. The molecule has 0 amide bonds. The maximum atomic E-state index is 11.9. The molecule has 1 aliphatic rings. The Balaban J connectivity index is 2.10. The van der Waals surface area contributed by atoms with E-state index >= 15 is 0 Å². The summed E-state index contributed by atoms with van der Waals surface area (Å²) in [5.74, 6) is -2.92. The van der Waals surface area contributed by atoms with Crippen molar-refractivity contribution in [2.45, 2.75) is 58.3 Å². The highest BCUT2D eigenvalue weighted by molar-refractivity contribution is 5.80. The van der Waals surface area contributed by atoms with E-state index in [1.165, 1.54) is 36.0 Å². The van der Waals surface area contributed by atoms with Gasteiger partial charge in [0, 0.05) is 51.4 Å². The minimum atomic E-state index is -1.36. The first-order chi connectivity index (χ1) is 16.5. The van der Waals surface area contributed by atoms with E-state index in [-0.39, 0.29) is 12.3 Å². The number of nitro benzene ring substituents is 1. The summed E-state index contributed by atoms with van der Waals surface area (Å²) in [5.41, 5.74) is 0.196. The molecule has 1 saturated heterocycles. The number of rotatable bonds is 7. The number of nitrogens with zero attached hydrogens (tertiary/aromatic N) is 3. The highest BCUT2D eigenvalue weighted by atomic mass is 16.7. The van der Waals surface area contributed by atoms with E-state index in [1.807, 2.05) is 0 Å². The Labute approximate surface area is 198 Å². The van der Waals surface area contributed by atoms with Gasteiger partial charge in [-0.1, -0.05) is 0 Å². The van der Waals surface area contributed by atoms with Crippen LogP contribution >= 0.6 is 0 Å². The summed E-state index contributed by atoms with van der Waals surface area (Å²) >= 11 is 0. The second-order valence-corrected chi connectivity index (χ2v) is 7.70. The van der Waals surface area contributed by atoms with Crippen LogP contribution in [0, 0.1) is 10.1 Å². The van der Waals surface area contributed by atoms with E-state index < -0.39 is 59.4 Å². The Hall–Kier alpha value is -4.07. The lowest BCUT2D eigenvalue weighted by molar-refractivity contribution is -0.384. The number of hydrogen-bond acceptors (Lipinski definition) is 12. The third-order valence-corrected chi connectivity index (χ3v) is 4.94. The van der Waals surface area contributed by atoms with Crippen LogP contribution in [-0.4, -0.2) is 69.6 Å². The lowest BCUT2D eigenvalue weighted by atomic mass is 9.97. The van der Waals surface area contributed by atoms with Crippen LogP contribution in [0.3, 0.4) is 0 Å². The van der Waals surface area contributed by atoms with E-state index in [0.29, 0.717) is 10.9 Å². The standard InChI is InChI=1S/C21H23N3O11/c1-10(25)31-9-17-18(32-11(2)26)19(33-12(3)27)20(34-13(4)28)21(35-17)23-8-14-7-15(24(29)30)5-6-16(14)22-23/h5-8,17-21H,9H2,1-4H3/t17-,18-,19+,20-,21+/m1/s1. The molecule has 5 atom stereocenters. The zero-order valence-electron chi connectivity index (χ0n) is 19.2. The molecule has 3 rings (SSSR count). The third-order valence-electron chi connectivity index (χ3n) is 4.94. The van der Waals surface area contributed by atoms with Crippen molar-refractivity contribution in [1.82, 2.24) is 9.78 Å². The largest absolute Gasteiger partial charge is 0.463 e. The summed E-state index contributed by atoms with van der Waals surface area (Å²) in [6.07, 6.45) is -4.99. The topological polar surface area (TPSA) is 175 Å². The van der Waals surface area contributed by atoms with Crippen molar-refractivity contribution in [2.75, 3.05) is 6.61 Å². The number of hydrogen-bond donors (Lipinski definition) is 0. The molecule has 0 spiro atoms. The first kappa shape index (κ1) is 25.6. The molecular weight excluding hydrogens is 470 g/mol. The van der Waals surface area contributed by atoms with Crippen molar-refractivity contribution < 1.29 is 47.8 Å². The van der Waals surface area contributed by atoms with Gasteiger partial charge < -0.3 is 23.7 Å². The Morgan fingerprint density at radius 3 is 2.14 bits per heavy atom. The molecule has 0 N–H and O–H groups in total. The Morgan fingerprint density at radius 1 is 0.971 bits per heavy atom. The average molecular weight is 493 g/mol. The van der Waals surface area contributed by atoms with Crippen molar-refractivity contribution in [2.24, 2.45) is 0 Å². The SMILES string of the molecule is CC(=O)OC[C@H]1O[C@H](n2cc3cc([N+](=O)[O-])ccc3n2)[C@H](OC(C)=O)[C@@H](OC(C)=O)[C@@H]1OC(C)=O. The van der Waals surface area contributed by atoms with Gasteiger partial charge in [-0.15, -0.1) is 0 Å². The summed E-state index contributed by atoms with van der Waals surface area (Å²) in [6, 6.07) is 3.99. The molecule has 14 nitrogen and oxygen atoms in total. The van der Waals surface area contributed by atoms with Crippen molar-refractivity contribution >= 4 is 40.5 Å². The summed E-state index contributed by atoms with van der Waals surface area (Å²) in [7, 11) is 0. The molecule has 0 unspecified atom stereocenters. The van der Waals surface area contributed by atoms with Crippen LogP contribution in [0.15, 0.2) is 24.4 Å². The number of fused-ring (bicyclic) bond motifs is 1. The fourth-order valence-electron chi connectivity index (χ4n) is 3.69. The molecule has 0 aliphatic carbocycles. The Bertz CT molecular complexity index is 1160. The number of non-ortho nitro benzene ring substituents is 1. The zero-order chi connectivity index (χ0) is 25.9. The number of carbonyl (C=O) groups is 4. The predicted octanol–water partition coefficient (Wildman–Crippen LogP) is 1.20. The molecule has 1 aliphatic heterocycles. The van der Waals surface area contributed by atoms with Crippen molar-refractivity contribution in [3.8, 4) is 0 Å². The average Bonchev–Trinajstić information content (AvgIpc) is 3.17. The maximum Gasteiger partial charge on any atom is 0.303 e. The van der Waals surface area contributed by atoms with Gasteiger partial charge >= 0.3 is 23.9 Å². The first-order valence-electron chi connectivity index (χ1n) is 10.4. The van der Waals surface area contributed by atoms with E-state index in [0.717, 1.165) is 20.8 Å². The predicted molar refractivity (Wildman–Crippen MR) is 114 cm³/mol. The van der Waals surface area contributed by atoms with E-state index in [1.54, 1.807) is 0 Å². The van der Waals surface area contributed by atoms with Crippen LogP contribution in [-0.2, 0) is 42.9 Å². The number of carbonyl (C=O) groups excluding carboxylic acids is 4. The quantitative estimate of drug-likeness (QED) is 0.233. The molecule has 2 aromatic rings. The number of nitro groups is 1. The van der Waals surface area contributed by atoms with Gasteiger partial charge in [-0.3, -0.25) is 29.3 Å². The normalized spacial score (nSPS) is 23.8. The van der Waals surface area contributed by atoms with Crippen molar-refractivity contribution in [3.05, 3.63) is 34.5 Å². The molecule has 0 radical (unpaired) electrons. The molecule has 188 valence electrons. The van der Waals surface area contributed by atoms with E-state index in [4.69, 9.17) is 23.7 Å². The Morgan fingerprint density at radius 2 is 1.57 bits per heavy atom. The van der Waals surface area contributed by atoms with Gasteiger partial charge in [0.2, 0.25) is 0 Å². The number of ether oxygens (including phenoxy) is 5. The molecule has 1 fully saturated rings. The Kier molecular flexibility index (Phi) is 7.64. The zero-order valence-corrected chi connectivity index (χ0v) is 19.2. The summed E-state index contributed by atoms with van der Waals surface area (Å²) in [4.78, 5) is 57.7. The molecule has 1 aromatic carbocycles. The van der Waals surface area contributed by atoms with Crippen LogP contribution in [0.25, 0.3) is 10.9 Å². The van der Waals surface area contributed by atoms with Crippen LogP contribution in [0.2, 0.25) is 0 Å². The van der Waals surface area contributed by atoms with Crippen LogP contribution < -0.4 is 0 Å². The van der Waals surface area contributed by atoms with Gasteiger partial charge in [-0.05, 0) is 6.07 Å². The van der Waals surface area contributed by atoms with Gasteiger partial charge in [0.15, 0.2) is 24.5 Å². The van der Waals surface area contributed by atoms with Crippen LogP contribution in [0.4, 0.5) is 5.69 Å². The smallest absolute Gasteiger partial charge is 0.303 e. The monoisotopic (exact) mass is 493 g/mol. The second kappa shape index (κ2) is 10.5. The highest BCUT2D eigenvalue weighted by Crippen LogP contribution is 2.35. The minimum absolute atomic E-state index is 0.168. The minimum Gasteiger partial charge on any atom is -0.463 e. The van der Waals surface area contributed by atoms with Crippen LogP contribution in [0.1, 0.15) is 33.9 Å². The van der Waals surface area contributed by atoms with Gasteiger partial charge in [0.05, 0.1) is 10.4 Å². The van der Waals surface area contributed by atoms with Crippen LogP contribution in [0.5, 0.6) is 0 Å². The first-order valence-corrected chi connectivity index (χ1v) is 10.4. The molecule has 0 saturated carbocycles. The number of benzene rings is 1. The van der Waals surface area contributed by atoms with Gasteiger partial charge in [-0.2, -0.15) is 5.10 Å². The summed E-state index contributed by atoms with van der Waals surface area (Å²) in [6.45, 7) is 4.13. The lowest BCUT2D eigenvalue weighted by Crippen LogP contribution is -2.60. The molecule has 35 heavy (non-hydrogen) atoms.